The number of nitrogens with zero attached hydrogens (tertiary/aromatic N) is 1. The van der Waals surface area contributed by atoms with E-state index >= 15 is 0 Å². The van der Waals surface area contributed by atoms with Crippen LogP contribution in [0, 0.1) is 11.3 Å². The van der Waals surface area contributed by atoms with Gasteiger partial charge in [0, 0.05) is 17.1 Å². The summed E-state index contributed by atoms with van der Waals surface area (Å²) in [7, 11) is 0. The van der Waals surface area contributed by atoms with E-state index in [1.54, 1.807) is 0 Å². The zero-order valence-corrected chi connectivity index (χ0v) is 11.0. The van der Waals surface area contributed by atoms with Crippen molar-refractivity contribution >= 4 is 10.9 Å². The molecule has 0 aliphatic rings. The highest BCUT2D eigenvalue weighted by atomic mass is 16.5. The number of hydrogen-bond donors (Lipinski definition) is 1. The summed E-state index contributed by atoms with van der Waals surface area (Å²) in [6.45, 7) is 0.498. The Balaban J connectivity index is 1.91. The number of H-pyrrole nitrogens is 1. The van der Waals surface area contributed by atoms with E-state index in [2.05, 4.69) is 11.1 Å². The first-order valence-corrected chi connectivity index (χ1v) is 6.51. The van der Waals surface area contributed by atoms with Crippen LogP contribution in [0.15, 0.2) is 54.7 Å². The van der Waals surface area contributed by atoms with Crippen LogP contribution in [-0.2, 0) is 13.0 Å². The van der Waals surface area contributed by atoms with Gasteiger partial charge in [0.05, 0.1) is 12.5 Å². The molecule has 2 aromatic carbocycles. The lowest BCUT2D eigenvalue weighted by molar-refractivity contribution is 0.307. The Kier molecular flexibility index (Phi) is 3.38. The van der Waals surface area contributed by atoms with Crippen molar-refractivity contribution in [2.75, 3.05) is 0 Å². The molecule has 0 radical (unpaired) electrons. The number of fused-ring (bicyclic) bond motifs is 1. The number of para-hydroxylation sites is 1. The lowest BCUT2D eigenvalue weighted by Gasteiger charge is -2.08. The third kappa shape index (κ3) is 2.36. The predicted molar refractivity (Wildman–Crippen MR) is 78.4 cm³/mol. The molecule has 1 N–H and O–H groups in total. The molecule has 3 heteroatoms. The first-order chi connectivity index (χ1) is 9.88. The van der Waals surface area contributed by atoms with Crippen LogP contribution in [0.5, 0.6) is 5.75 Å². The Hall–Kier alpha value is -2.73. The summed E-state index contributed by atoms with van der Waals surface area (Å²) >= 11 is 0. The van der Waals surface area contributed by atoms with Crippen LogP contribution >= 0.6 is 0 Å². The molecule has 98 valence electrons. The van der Waals surface area contributed by atoms with Gasteiger partial charge < -0.3 is 9.72 Å². The van der Waals surface area contributed by atoms with Gasteiger partial charge >= 0.3 is 0 Å². The van der Waals surface area contributed by atoms with Crippen molar-refractivity contribution in [3.63, 3.8) is 0 Å². The number of nitriles is 1. The van der Waals surface area contributed by atoms with Crippen molar-refractivity contribution in [1.82, 2.24) is 4.98 Å². The number of aromatic amines is 1. The highest BCUT2D eigenvalue weighted by Crippen LogP contribution is 2.24. The van der Waals surface area contributed by atoms with Gasteiger partial charge in [0.1, 0.15) is 12.4 Å². The van der Waals surface area contributed by atoms with Gasteiger partial charge in [-0.3, -0.25) is 0 Å². The second-order valence-corrected chi connectivity index (χ2v) is 4.59. The minimum atomic E-state index is 0.405. The summed E-state index contributed by atoms with van der Waals surface area (Å²) in [6.07, 6.45) is 2.31. The van der Waals surface area contributed by atoms with E-state index < -0.39 is 0 Å². The second kappa shape index (κ2) is 5.50. The van der Waals surface area contributed by atoms with Crippen LogP contribution < -0.4 is 4.74 Å². The largest absolute Gasteiger partial charge is 0.489 e. The van der Waals surface area contributed by atoms with E-state index in [9.17, 15) is 0 Å². The molecule has 1 heterocycles. The van der Waals surface area contributed by atoms with Crippen molar-refractivity contribution in [1.29, 1.82) is 5.26 Å². The van der Waals surface area contributed by atoms with E-state index in [1.807, 2.05) is 54.7 Å². The smallest absolute Gasteiger partial charge is 0.119 e. The lowest BCUT2D eigenvalue weighted by Crippen LogP contribution is -1.96. The molecule has 20 heavy (non-hydrogen) atoms. The molecule has 0 unspecified atom stereocenters. The monoisotopic (exact) mass is 262 g/mol. The summed E-state index contributed by atoms with van der Waals surface area (Å²) in [5, 5.41) is 10.0. The first-order valence-electron chi connectivity index (χ1n) is 6.51. The SMILES string of the molecule is N#CCc1c[nH]c2cccc(COc3ccccc3)c12. The molecule has 3 nitrogen and oxygen atoms in total. The third-order valence-corrected chi connectivity index (χ3v) is 3.28. The normalized spacial score (nSPS) is 10.3. The molecule has 3 aromatic rings. The van der Waals surface area contributed by atoms with Gasteiger partial charge in [-0.05, 0) is 29.3 Å². The molecule has 0 saturated heterocycles. The third-order valence-electron chi connectivity index (χ3n) is 3.28. The fourth-order valence-electron chi connectivity index (χ4n) is 2.36. The van der Waals surface area contributed by atoms with Crippen molar-refractivity contribution in [3.8, 4) is 11.8 Å². The molecular formula is C17H14N2O. The topological polar surface area (TPSA) is 48.8 Å². The quantitative estimate of drug-likeness (QED) is 0.777. The van der Waals surface area contributed by atoms with Crippen molar-refractivity contribution in [2.24, 2.45) is 0 Å². The van der Waals surface area contributed by atoms with Crippen LogP contribution in [0.2, 0.25) is 0 Å². The average Bonchev–Trinajstić information content (AvgIpc) is 2.91. The predicted octanol–water partition coefficient (Wildman–Crippen LogP) is 3.81. The molecule has 0 atom stereocenters. The van der Waals surface area contributed by atoms with E-state index in [1.165, 1.54) is 0 Å². The van der Waals surface area contributed by atoms with Crippen molar-refractivity contribution in [2.45, 2.75) is 13.0 Å². The van der Waals surface area contributed by atoms with E-state index in [0.29, 0.717) is 13.0 Å². The maximum absolute atomic E-state index is 8.90. The maximum atomic E-state index is 8.90. The van der Waals surface area contributed by atoms with E-state index in [-0.39, 0.29) is 0 Å². The number of nitrogens with one attached hydrogen (secondary N) is 1. The minimum Gasteiger partial charge on any atom is -0.489 e. The summed E-state index contributed by atoms with van der Waals surface area (Å²) in [5.41, 5.74) is 3.16. The highest BCUT2D eigenvalue weighted by molar-refractivity contribution is 5.86. The molecule has 0 aliphatic carbocycles. The molecule has 0 bridgehead atoms. The van der Waals surface area contributed by atoms with Crippen LogP contribution in [0.3, 0.4) is 0 Å². The van der Waals surface area contributed by atoms with E-state index in [0.717, 1.165) is 27.8 Å². The summed E-state index contributed by atoms with van der Waals surface area (Å²) < 4.78 is 5.81. The van der Waals surface area contributed by atoms with Crippen molar-refractivity contribution < 1.29 is 4.74 Å². The molecule has 3 rings (SSSR count). The number of rotatable bonds is 4. The average molecular weight is 262 g/mol. The fraction of sp³-hybridized carbons (Fsp3) is 0.118. The van der Waals surface area contributed by atoms with Gasteiger partial charge in [-0.1, -0.05) is 30.3 Å². The first kappa shape index (κ1) is 12.3. The Morgan fingerprint density at radius 3 is 2.65 bits per heavy atom. The minimum absolute atomic E-state index is 0.405. The Bertz CT molecular complexity index is 754. The van der Waals surface area contributed by atoms with Gasteiger partial charge in [-0.2, -0.15) is 5.26 Å². The molecule has 0 spiro atoms. The van der Waals surface area contributed by atoms with Crippen LogP contribution in [0.25, 0.3) is 10.9 Å². The highest BCUT2D eigenvalue weighted by Gasteiger charge is 2.08. The Morgan fingerprint density at radius 1 is 1.00 bits per heavy atom. The summed E-state index contributed by atoms with van der Waals surface area (Å²) in [6, 6.07) is 18.0. The molecular weight excluding hydrogens is 248 g/mol. The summed E-state index contributed by atoms with van der Waals surface area (Å²) in [5.74, 6) is 0.849. The van der Waals surface area contributed by atoms with Gasteiger partial charge in [0.25, 0.3) is 0 Å². The van der Waals surface area contributed by atoms with Crippen molar-refractivity contribution in [3.05, 3.63) is 65.9 Å². The Morgan fingerprint density at radius 2 is 1.85 bits per heavy atom. The maximum Gasteiger partial charge on any atom is 0.119 e. The zero-order valence-electron chi connectivity index (χ0n) is 11.0. The van der Waals surface area contributed by atoms with Gasteiger partial charge in [0.15, 0.2) is 0 Å². The standard InChI is InChI=1S/C17H14N2O/c18-10-9-13-11-19-16-8-4-5-14(17(13)16)12-20-15-6-2-1-3-7-15/h1-8,11,19H,9,12H2. The van der Waals surface area contributed by atoms with Crippen LogP contribution in [-0.4, -0.2) is 4.98 Å². The molecule has 0 saturated carbocycles. The number of ether oxygens (including phenoxy) is 1. The van der Waals surface area contributed by atoms with Gasteiger partial charge in [-0.15, -0.1) is 0 Å². The molecule has 0 aliphatic heterocycles. The van der Waals surface area contributed by atoms with Gasteiger partial charge in [0.2, 0.25) is 0 Å². The number of hydrogen-bond acceptors (Lipinski definition) is 2. The van der Waals surface area contributed by atoms with E-state index in [4.69, 9.17) is 10.00 Å². The second-order valence-electron chi connectivity index (χ2n) is 4.59. The number of benzene rings is 2. The molecule has 1 aromatic heterocycles. The molecule has 0 amide bonds. The Labute approximate surface area is 117 Å². The van der Waals surface area contributed by atoms with Crippen LogP contribution in [0.1, 0.15) is 11.1 Å². The van der Waals surface area contributed by atoms with Crippen LogP contribution in [0.4, 0.5) is 0 Å². The zero-order chi connectivity index (χ0) is 13.8. The lowest BCUT2D eigenvalue weighted by atomic mass is 10.1. The summed E-state index contributed by atoms with van der Waals surface area (Å²) in [4.78, 5) is 3.20. The number of aromatic nitrogens is 1. The fourth-order valence-corrected chi connectivity index (χ4v) is 2.36. The van der Waals surface area contributed by atoms with Gasteiger partial charge in [-0.25, -0.2) is 0 Å². The molecule has 0 fully saturated rings.